The molecule has 0 amide bonds. The molecule has 0 bridgehead atoms. The summed E-state index contributed by atoms with van der Waals surface area (Å²) in [5.74, 6) is -0.931. The Bertz CT molecular complexity index is 793. The zero-order chi connectivity index (χ0) is 21.9. The maximum atomic E-state index is 13.2. The molecule has 29 heavy (non-hydrogen) atoms. The summed E-state index contributed by atoms with van der Waals surface area (Å²) >= 11 is 0. The van der Waals surface area contributed by atoms with E-state index in [1.54, 1.807) is 33.8 Å². The first-order chi connectivity index (χ1) is 13.6. The Morgan fingerprint density at radius 1 is 1.00 bits per heavy atom. The highest BCUT2D eigenvalue weighted by molar-refractivity contribution is 6.17. The molecule has 1 fully saturated rings. The lowest BCUT2D eigenvalue weighted by molar-refractivity contribution is -0.146. The molecule has 0 saturated carbocycles. The van der Waals surface area contributed by atoms with Gasteiger partial charge in [0.15, 0.2) is 11.6 Å². The summed E-state index contributed by atoms with van der Waals surface area (Å²) < 4.78 is 10.3. The molecule has 160 valence electrons. The molecule has 1 aromatic carbocycles. The first-order valence-electron chi connectivity index (χ1n) is 10.1. The maximum Gasteiger partial charge on any atom is 0.308 e. The molecule has 1 aliphatic heterocycles. The van der Waals surface area contributed by atoms with E-state index >= 15 is 0 Å². The Morgan fingerprint density at radius 2 is 1.52 bits per heavy atom. The Labute approximate surface area is 172 Å². The fourth-order valence-corrected chi connectivity index (χ4v) is 3.68. The summed E-state index contributed by atoms with van der Waals surface area (Å²) in [5, 5.41) is 0. The van der Waals surface area contributed by atoms with Gasteiger partial charge in [0.2, 0.25) is 0 Å². The fourth-order valence-electron chi connectivity index (χ4n) is 3.68. The number of hydrogen-bond acceptors (Lipinski definition) is 7. The second-order valence-electron chi connectivity index (χ2n) is 8.08. The van der Waals surface area contributed by atoms with Gasteiger partial charge >= 0.3 is 5.97 Å². The molecular weight excluding hydrogens is 372 g/mol. The standard InChI is InChI=1S/C22H32N2O5/c1-12(2)20(25)17-15(24-9-7-14(8-10-24)22(27)29-6)11-16(28-5)19(23)18(17)21(26)13(3)4/h11-14H,7-10,23H2,1-6H3. The molecule has 2 rings (SSSR count). The van der Waals surface area contributed by atoms with Gasteiger partial charge in [-0.1, -0.05) is 27.7 Å². The van der Waals surface area contributed by atoms with Crippen LogP contribution in [-0.4, -0.2) is 44.8 Å². The first kappa shape index (κ1) is 22.7. The lowest BCUT2D eigenvalue weighted by Crippen LogP contribution is -2.38. The number of benzene rings is 1. The fraction of sp³-hybridized carbons (Fsp3) is 0.591. The average Bonchev–Trinajstić information content (AvgIpc) is 2.71. The monoisotopic (exact) mass is 404 g/mol. The third-order valence-electron chi connectivity index (χ3n) is 5.44. The third-order valence-corrected chi connectivity index (χ3v) is 5.44. The smallest absolute Gasteiger partial charge is 0.308 e. The second kappa shape index (κ2) is 9.29. The van der Waals surface area contributed by atoms with Crippen LogP contribution < -0.4 is 15.4 Å². The number of nitrogen functional groups attached to an aromatic ring is 1. The highest BCUT2D eigenvalue weighted by Crippen LogP contribution is 2.40. The second-order valence-corrected chi connectivity index (χ2v) is 8.08. The van der Waals surface area contributed by atoms with Crippen LogP contribution in [0.3, 0.4) is 0 Å². The minimum atomic E-state index is -0.318. The zero-order valence-electron chi connectivity index (χ0n) is 18.2. The predicted octanol–water partition coefficient (Wildman–Crippen LogP) is 3.34. The molecule has 7 nitrogen and oxygen atoms in total. The van der Waals surface area contributed by atoms with Crippen molar-refractivity contribution in [2.24, 2.45) is 17.8 Å². The van der Waals surface area contributed by atoms with Gasteiger partial charge in [0, 0.05) is 31.0 Å². The SMILES string of the molecule is COC(=O)C1CCN(c2cc(OC)c(N)c(C(=O)C(C)C)c2C(=O)C(C)C)CC1. The lowest BCUT2D eigenvalue weighted by Gasteiger charge is -2.35. The number of nitrogens with zero attached hydrogens (tertiary/aromatic N) is 1. The van der Waals surface area contributed by atoms with Gasteiger partial charge in [-0.3, -0.25) is 14.4 Å². The van der Waals surface area contributed by atoms with Crippen LogP contribution >= 0.6 is 0 Å². The van der Waals surface area contributed by atoms with Gasteiger partial charge in [-0.25, -0.2) is 0 Å². The number of piperidine rings is 1. The van der Waals surface area contributed by atoms with Crippen molar-refractivity contribution in [2.45, 2.75) is 40.5 Å². The van der Waals surface area contributed by atoms with E-state index in [4.69, 9.17) is 15.2 Å². The Hall–Kier alpha value is -2.57. The van der Waals surface area contributed by atoms with Crippen LogP contribution in [0.2, 0.25) is 0 Å². The van der Waals surface area contributed by atoms with E-state index < -0.39 is 0 Å². The van der Waals surface area contributed by atoms with Crippen LogP contribution in [0.5, 0.6) is 5.75 Å². The molecule has 0 radical (unpaired) electrons. The van der Waals surface area contributed by atoms with Gasteiger partial charge in [0.05, 0.1) is 42.6 Å². The molecule has 0 aliphatic carbocycles. The number of ketones is 2. The van der Waals surface area contributed by atoms with Crippen LogP contribution in [0.1, 0.15) is 61.3 Å². The van der Waals surface area contributed by atoms with Crippen LogP contribution in [0.15, 0.2) is 6.07 Å². The van der Waals surface area contributed by atoms with Gasteiger partial charge in [-0.15, -0.1) is 0 Å². The number of Topliss-reactive ketones (excluding diaryl/α,β-unsaturated/α-hetero) is 2. The van der Waals surface area contributed by atoms with E-state index in [0.717, 1.165) is 0 Å². The van der Waals surface area contributed by atoms with Crippen molar-refractivity contribution in [2.75, 3.05) is 37.9 Å². The van der Waals surface area contributed by atoms with E-state index in [2.05, 4.69) is 0 Å². The van der Waals surface area contributed by atoms with Gasteiger partial charge < -0.3 is 20.1 Å². The highest BCUT2D eigenvalue weighted by atomic mass is 16.5. The Balaban J connectivity index is 2.62. The predicted molar refractivity (Wildman–Crippen MR) is 113 cm³/mol. The van der Waals surface area contributed by atoms with Crippen molar-refractivity contribution in [3.8, 4) is 5.75 Å². The van der Waals surface area contributed by atoms with Crippen molar-refractivity contribution < 1.29 is 23.9 Å². The molecule has 1 aliphatic rings. The third kappa shape index (κ3) is 4.54. The number of esters is 1. The summed E-state index contributed by atoms with van der Waals surface area (Å²) in [4.78, 5) is 40.1. The maximum absolute atomic E-state index is 13.2. The van der Waals surface area contributed by atoms with Crippen LogP contribution in [0, 0.1) is 17.8 Å². The number of carbonyl (C=O) groups excluding carboxylic acids is 3. The molecule has 1 saturated heterocycles. The lowest BCUT2D eigenvalue weighted by atomic mass is 9.86. The zero-order valence-corrected chi connectivity index (χ0v) is 18.2. The minimum absolute atomic E-state index is 0.131. The molecule has 1 aromatic rings. The van der Waals surface area contributed by atoms with E-state index in [9.17, 15) is 14.4 Å². The van der Waals surface area contributed by atoms with E-state index in [1.165, 1.54) is 14.2 Å². The van der Waals surface area contributed by atoms with Crippen molar-refractivity contribution in [3.63, 3.8) is 0 Å². The number of hydrogen-bond donors (Lipinski definition) is 1. The summed E-state index contributed by atoms with van der Waals surface area (Å²) in [5.41, 5.74) is 7.70. The molecule has 2 N–H and O–H groups in total. The van der Waals surface area contributed by atoms with E-state index in [-0.39, 0.29) is 46.5 Å². The van der Waals surface area contributed by atoms with Gasteiger partial charge in [0.25, 0.3) is 0 Å². The van der Waals surface area contributed by atoms with Crippen LogP contribution in [0.4, 0.5) is 11.4 Å². The van der Waals surface area contributed by atoms with Crippen molar-refractivity contribution in [1.82, 2.24) is 0 Å². The summed E-state index contributed by atoms with van der Waals surface area (Å²) in [6.07, 6.45) is 1.23. The van der Waals surface area contributed by atoms with Crippen molar-refractivity contribution in [1.29, 1.82) is 0 Å². The van der Waals surface area contributed by atoms with Crippen LogP contribution in [-0.2, 0) is 9.53 Å². The summed E-state index contributed by atoms with van der Waals surface area (Å²) in [6, 6.07) is 1.74. The van der Waals surface area contributed by atoms with E-state index in [1.807, 2.05) is 4.90 Å². The quantitative estimate of drug-likeness (QED) is 0.423. The van der Waals surface area contributed by atoms with Gasteiger partial charge in [-0.05, 0) is 12.8 Å². The molecule has 1 heterocycles. The molecule has 0 aromatic heterocycles. The molecule has 7 heteroatoms. The number of nitrogens with two attached hydrogens (primary N) is 1. The van der Waals surface area contributed by atoms with Crippen molar-refractivity contribution >= 4 is 28.9 Å². The number of carbonyl (C=O) groups is 3. The van der Waals surface area contributed by atoms with Crippen molar-refractivity contribution in [3.05, 3.63) is 17.2 Å². The van der Waals surface area contributed by atoms with E-state index in [0.29, 0.717) is 42.9 Å². The first-order valence-corrected chi connectivity index (χ1v) is 10.1. The number of ether oxygens (including phenoxy) is 2. The molecule has 0 atom stereocenters. The van der Waals surface area contributed by atoms with Gasteiger partial charge in [-0.2, -0.15) is 0 Å². The summed E-state index contributed by atoms with van der Waals surface area (Å²) in [6.45, 7) is 8.32. The summed E-state index contributed by atoms with van der Waals surface area (Å²) in [7, 11) is 2.88. The number of methoxy groups -OCH3 is 2. The minimum Gasteiger partial charge on any atom is -0.494 e. The average molecular weight is 405 g/mol. The highest BCUT2D eigenvalue weighted by Gasteiger charge is 2.33. The number of rotatable bonds is 7. The van der Waals surface area contributed by atoms with Crippen LogP contribution in [0.25, 0.3) is 0 Å². The Kier molecular flexibility index (Phi) is 7.27. The molecule has 0 spiro atoms. The number of anilines is 2. The largest absolute Gasteiger partial charge is 0.494 e. The van der Waals surface area contributed by atoms with Gasteiger partial charge in [0.1, 0.15) is 5.75 Å². The Morgan fingerprint density at radius 3 is 1.97 bits per heavy atom. The normalized spacial score (nSPS) is 15.0. The molecular formula is C22H32N2O5. The molecule has 0 unspecified atom stereocenters. The topological polar surface area (TPSA) is 98.9 Å².